The van der Waals surface area contributed by atoms with Gasteiger partial charge in [0.15, 0.2) is 31.5 Å². The number of allylic oxidation sites excluding steroid dienone is 2. The lowest BCUT2D eigenvalue weighted by molar-refractivity contribution is -0.394. The quantitative estimate of drug-likeness (QED) is 0.0551. The van der Waals surface area contributed by atoms with E-state index in [9.17, 15) is 79.0 Å². The molecule has 0 radical (unpaired) electrons. The van der Waals surface area contributed by atoms with E-state index < -0.39 is 199 Å². The molecule has 478 valence electrons. The van der Waals surface area contributed by atoms with E-state index in [-0.39, 0.29) is 48.7 Å². The van der Waals surface area contributed by atoms with Crippen LogP contribution < -0.4 is 0 Å². The Balaban J connectivity index is 0.972. The summed E-state index contributed by atoms with van der Waals surface area (Å²) in [6.07, 6.45) is -33.9. The highest BCUT2D eigenvalue weighted by molar-refractivity contribution is 7.80. The van der Waals surface area contributed by atoms with Gasteiger partial charge >= 0.3 is 10.4 Å². The van der Waals surface area contributed by atoms with E-state index in [0.29, 0.717) is 32.1 Å². The lowest BCUT2D eigenvalue weighted by Crippen LogP contribution is -2.66. The monoisotopic (exact) mass is 1210 g/mol. The summed E-state index contributed by atoms with van der Waals surface area (Å²) >= 11 is 0. The van der Waals surface area contributed by atoms with Gasteiger partial charge in [0.25, 0.3) is 0 Å². The van der Waals surface area contributed by atoms with Gasteiger partial charge in [-0.1, -0.05) is 39.3 Å². The molecule has 0 aromatic rings. The zero-order valence-corrected chi connectivity index (χ0v) is 48.9. The highest BCUT2D eigenvalue weighted by atomic mass is 32.3. The average Bonchev–Trinajstić information content (AvgIpc) is 1.90. The van der Waals surface area contributed by atoms with Crippen molar-refractivity contribution in [1.29, 1.82) is 0 Å². The predicted octanol–water partition coefficient (Wildman–Crippen LogP) is -2.04. The van der Waals surface area contributed by atoms with Crippen molar-refractivity contribution >= 4 is 16.2 Å². The van der Waals surface area contributed by atoms with Gasteiger partial charge in [0.05, 0.1) is 49.3 Å². The summed E-state index contributed by atoms with van der Waals surface area (Å²) in [6, 6.07) is 0. The van der Waals surface area contributed by atoms with E-state index in [0.717, 1.165) is 12.0 Å². The topological polar surface area (TPSA) is 416 Å². The molecule has 0 aromatic heterocycles. The Morgan fingerprint density at radius 1 is 0.639 bits per heavy atom. The van der Waals surface area contributed by atoms with Crippen molar-refractivity contribution in [3.8, 4) is 0 Å². The van der Waals surface area contributed by atoms with Gasteiger partial charge in [0, 0.05) is 12.8 Å². The Hall–Kier alpha value is -1.60. The van der Waals surface area contributed by atoms with Crippen molar-refractivity contribution in [2.24, 2.45) is 40.4 Å². The van der Waals surface area contributed by atoms with Gasteiger partial charge in [-0.15, -0.1) is 0 Å². The minimum atomic E-state index is -4.87. The maximum Gasteiger partial charge on any atom is 0.397 e. The number of rotatable bonds is 17. The van der Waals surface area contributed by atoms with Crippen LogP contribution in [-0.4, -0.2) is 252 Å². The van der Waals surface area contributed by atoms with E-state index in [2.05, 4.69) is 19.9 Å². The highest BCUT2D eigenvalue weighted by Crippen LogP contribution is 2.67. The number of ketones is 1. The second kappa shape index (κ2) is 25.4. The normalized spacial score (nSPS) is 51.3. The molecule has 9 rings (SSSR count). The third kappa shape index (κ3) is 13.2. The standard InChI is InChI=1S/C55H90O27S/c1-21(2)15-25(56)18-55(8,68)34-10-9-28-27-17-32(30-16-26(82-83(69,70)71)11-13-53(30,6)29(27)12-14-54(28,34)7)77-50-44(67)45(37(60)24(5)76-50)79-52-47(81-49-43(66)41(64)36(59)23(4)75-49)39(62)33(20-73-52)78-51-46(38(61)31(57)19-72-51)80-48-42(65)40(63)35(58)22(3)74-48/h12,21-24,26-28,30-52,57-68H,9-11,13-20H2,1-8H3,(H,69,70,71)/t22-,23-,24-,26+,27+,28+,30-,31-,32+,33-,34+,35+,36-,37-,38+,39+,40+,41+,42-,43-,44-,45+,46-,47-,48+,49+,50+,51+,52+,53-,54+,55?/m1/s1. The van der Waals surface area contributed by atoms with Crippen LogP contribution >= 0.6 is 0 Å². The lowest BCUT2D eigenvalue weighted by Gasteiger charge is -2.60. The van der Waals surface area contributed by atoms with Gasteiger partial charge in [-0.2, -0.15) is 8.42 Å². The number of aliphatic hydroxyl groups is 12. The first-order valence-electron chi connectivity index (χ1n) is 29.3. The van der Waals surface area contributed by atoms with Crippen molar-refractivity contribution in [3.05, 3.63) is 11.6 Å². The minimum absolute atomic E-state index is 0.00824. The highest BCUT2D eigenvalue weighted by Gasteiger charge is 2.64. The second-order valence-electron chi connectivity index (χ2n) is 26.2. The Kier molecular flexibility index (Phi) is 20.1. The summed E-state index contributed by atoms with van der Waals surface area (Å²) in [5.74, 6) is -0.731. The van der Waals surface area contributed by atoms with Crippen LogP contribution in [0.15, 0.2) is 11.6 Å². The van der Waals surface area contributed by atoms with Crippen LogP contribution in [0.4, 0.5) is 0 Å². The zero-order valence-electron chi connectivity index (χ0n) is 48.1. The van der Waals surface area contributed by atoms with Crippen LogP contribution in [0.2, 0.25) is 0 Å². The maximum absolute atomic E-state index is 13.2. The van der Waals surface area contributed by atoms with Crippen molar-refractivity contribution in [2.75, 3.05) is 13.2 Å². The Bertz CT molecular complexity index is 2370. The molecule has 0 spiro atoms. The molecule has 27 nitrogen and oxygen atoms in total. The summed E-state index contributed by atoms with van der Waals surface area (Å²) in [5.41, 5.74) is -1.21. The third-order valence-corrected chi connectivity index (χ3v) is 20.4. The second-order valence-corrected chi connectivity index (χ2v) is 27.3. The molecular formula is C55H90O27S. The molecular weight excluding hydrogens is 1120 g/mol. The summed E-state index contributed by atoms with van der Waals surface area (Å²) in [7, 11) is -4.87. The van der Waals surface area contributed by atoms with E-state index in [4.69, 9.17) is 51.6 Å². The van der Waals surface area contributed by atoms with Crippen LogP contribution in [0.5, 0.6) is 0 Å². The van der Waals surface area contributed by atoms with Gasteiger partial charge < -0.3 is 109 Å². The fourth-order valence-electron chi connectivity index (χ4n) is 15.5. The largest absolute Gasteiger partial charge is 0.397 e. The molecule has 8 fully saturated rings. The van der Waals surface area contributed by atoms with Crippen LogP contribution in [-0.2, 0) is 66.7 Å². The Morgan fingerprint density at radius 3 is 1.76 bits per heavy atom. The first kappa shape index (κ1) is 65.8. The number of hydrogen-bond acceptors (Lipinski definition) is 26. The summed E-state index contributed by atoms with van der Waals surface area (Å²) in [6.45, 7) is 13.1. The van der Waals surface area contributed by atoms with E-state index in [1.807, 2.05) is 13.8 Å². The molecule has 5 saturated heterocycles. The Labute approximate surface area is 482 Å². The molecule has 0 aromatic carbocycles. The van der Waals surface area contributed by atoms with Crippen molar-refractivity contribution in [1.82, 2.24) is 0 Å². The van der Waals surface area contributed by atoms with Crippen molar-refractivity contribution in [3.63, 3.8) is 0 Å². The average molecular weight is 1220 g/mol. The van der Waals surface area contributed by atoms with Gasteiger partial charge in [0.1, 0.15) is 97.3 Å². The number of ether oxygens (including phenoxy) is 10. The molecule has 0 bridgehead atoms. The summed E-state index contributed by atoms with van der Waals surface area (Å²) in [5, 5.41) is 134. The molecule has 1 unspecified atom stereocenters. The van der Waals surface area contributed by atoms with Crippen LogP contribution in [0, 0.1) is 40.4 Å². The molecule has 13 N–H and O–H groups in total. The van der Waals surface area contributed by atoms with Crippen LogP contribution in [0.3, 0.4) is 0 Å². The molecule has 83 heavy (non-hydrogen) atoms. The fraction of sp³-hybridized carbons (Fsp3) is 0.945. The summed E-state index contributed by atoms with van der Waals surface area (Å²) in [4.78, 5) is 13.2. The van der Waals surface area contributed by atoms with E-state index in [1.54, 1.807) is 6.92 Å². The number of hydrogen-bond donors (Lipinski definition) is 13. The molecule has 32 atom stereocenters. The molecule has 4 aliphatic carbocycles. The fourth-order valence-corrected chi connectivity index (χ4v) is 16.0. The maximum atomic E-state index is 13.2. The SMILES string of the molecule is CC(C)CC(=O)CC(C)(O)[C@H]1CC[C@H]2[C@@H]3C[C@H](O[C@@H]4O[C@H](C)[C@@H](O)[C@H](O[C@@H]5OC[C@@H](O[C@@H]6OC[C@@H](O)[C@H](O)[C@H]6O[C@@H]6O[C@H](C)[C@H](O)[C@H](O)[C@H]6O)[C@H](O)[C@H]5O[C@@H]5O[C@H](C)[C@@H](O)[C@H](O)[C@H]5O)[C@H]4O)[C@H]4C[C@@H](OS(=O)(=O)O)CC[C@]4(C)C3=CC[C@]12C. The zero-order chi connectivity index (χ0) is 60.7. The van der Waals surface area contributed by atoms with Gasteiger partial charge in [-0.05, 0) is 113 Å². The molecule has 5 aliphatic heterocycles. The van der Waals surface area contributed by atoms with Crippen molar-refractivity contribution in [2.45, 2.75) is 272 Å². The number of carbonyl (C=O) groups is 1. The van der Waals surface area contributed by atoms with Crippen molar-refractivity contribution < 1.29 is 131 Å². The first-order chi connectivity index (χ1) is 38.7. The predicted molar refractivity (Wildman–Crippen MR) is 280 cm³/mol. The number of carbonyl (C=O) groups excluding carboxylic acids is 1. The van der Waals surface area contributed by atoms with Crippen LogP contribution in [0.1, 0.15) is 113 Å². The number of aliphatic hydroxyl groups excluding tert-OH is 11. The molecule has 0 amide bonds. The van der Waals surface area contributed by atoms with Crippen LogP contribution in [0.25, 0.3) is 0 Å². The lowest BCUT2D eigenvalue weighted by atomic mass is 9.47. The third-order valence-electron chi connectivity index (χ3n) is 19.9. The van der Waals surface area contributed by atoms with E-state index >= 15 is 0 Å². The van der Waals surface area contributed by atoms with Gasteiger partial charge in [-0.25, -0.2) is 4.18 Å². The molecule has 3 saturated carbocycles. The van der Waals surface area contributed by atoms with E-state index in [1.165, 1.54) is 20.8 Å². The number of fused-ring (bicyclic) bond motifs is 5. The first-order valence-corrected chi connectivity index (χ1v) is 30.7. The van der Waals surface area contributed by atoms with Gasteiger partial charge in [0.2, 0.25) is 0 Å². The van der Waals surface area contributed by atoms with Gasteiger partial charge in [-0.3, -0.25) is 9.35 Å². The smallest absolute Gasteiger partial charge is 0.389 e. The number of Topliss-reactive ketones (excluding diaryl/α,β-unsaturated/α-hetero) is 1. The minimum Gasteiger partial charge on any atom is -0.389 e. The Morgan fingerprint density at radius 2 is 1.17 bits per heavy atom. The summed E-state index contributed by atoms with van der Waals surface area (Å²) < 4.78 is 100. The molecule has 9 aliphatic rings. The molecule has 5 heterocycles. The molecule has 28 heteroatoms.